The van der Waals surface area contributed by atoms with Crippen LogP contribution in [0.5, 0.6) is 5.75 Å². The second kappa shape index (κ2) is 8.32. The van der Waals surface area contributed by atoms with Crippen molar-refractivity contribution in [3.8, 4) is 5.75 Å². The van der Waals surface area contributed by atoms with Gasteiger partial charge < -0.3 is 14.9 Å². The molecule has 0 radical (unpaired) electrons. The smallest absolute Gasteiger partial charge is 0.278 e. The van der Waals surface area contributed by atoms with Crippen molar-refractivity contribution < 1.29 is 23.5 Å². The van der Waals surface area contributed by atoms with Crippen LogP contribution in [0.3, 0.4) is 0 Å². The molecule has 8 nitrogen and oxygen atoms in total. The molecule has 0 saturated carbocycles. The van der Waals surface area contributed by atoms with Gasteiger partial charge in [0.15, 0.2) is 23.1 Å². The zero-order valence-electron chi connectivity index (χ0n) is 20.0. The van der Waals surface area contributed by atoms with E-state index in [9.17, 15) is 23.9 Å². The maximum atomic E-state index is 15.3. The van der Waals surface area contributed by atoms with Crippen LogP contribution in [-0.4, -0.2) is 56.7 Å². The highest BCUT2D eigenvalue weighted by Gasteiger charge is 2.51. The zero-order valence-corrected chi connectivity index (χ0v) is 20.8. The minimum Gasteiger partial charge on any atom is -0.502 e. The summed E-state index contributed by atoms with van der Waals surface area (Å²) in [5, 5.41) is 12.6. The SMILES string of the molecule is O=C1c2c(O)c(=O)ccn2N(C2c3ccccc3SCc3c2ccc(F)c3F)C2CN3C(=O)CC[C@@H]3CN12. The number of amides is 2. The maximum absolute atomic E-state index is 15.3. The summed E-state index contributed by atoms with van der Waals surface area (Å²) in [5.41, 5.74) is 0.635. The monoisotopic (exact) mass is 536 g/mol. The Morgan fingerprint density at radius 1 is 0.947 bits per heavy atom. The van der Waals surface area contributed by atoms with Crippen molar-refractivity contribution >= 4 is 23.6 Å². The van der Waals surface area contributed by atoms with Crippen LogP contribution in [0.2, 0.25) is 0 Å². The van der Waals surface area contributed by atoms with Crippen LogP contribution in [0, 0.1) is 11.6 Å². The Morgan fingerprint density at radius 2 is 1.76 bits per heavy atom. The van der Waals surface area contributed by atoms with Crippen molar-refractivity contribution in [2.75, 3.05) is 18.1 Å². The molecule has 4 aliphatic heterocycles. The molecule has 0 aliphatic carbocycles. The van der Waals surface area contributed by atoms with Gasteiger partial charge in [0.2, 0.25) is 11.3 Å². The first-order valence-electron chi connectivity index (χ1n) is 12.4. The first kappa shape index (κ1) is 23.3. The topological polar surface area (TPSA) is 86.1 Å². The molecule has 5 heterocycles. The molecule has 2 amide bonds. The van der Waals surface area contributed by atoms with Gasteiger partial charge in [0.25, 0.3) is 5.91 Å². The Morgan fingerprint density at radius 3 is 2.61 bits per heavy atom. The highest BCUT2D eigenvalue weighted by Crippen LogP contribution is 2.45. The van der Waals surface area contributed by atoms with Gasteiger partial charge in [-0.15, -0.1) is 11.8 Å². The van der Waals surface area contributed by atoms with E-state index >= 15 is 4.39 Å². The van der Waals surface area contributed by atoms with E-state index in [-0.39, 0.29) is 42.0 Å². The third-order valence-electron chi connectivity index (χ3n) is 8.03. The average molecular weight is 537 g/mol. The van der Waals surface area contributed by atoms with Crippen molar-refractivity contribution in [3.63, 3.8) is 0 Å². The number of halogens is 2. The van der Waals surface area contributed by atoms with E-state index in [0.717, 1.165) is 16.5 Å². The summed E-state index contributed by atoms with van der Waals surface area (Å²) in [6.07, 6.45) is 1.73. The lowest BCUT2D eigenvalue weighted by Crippen LogP contribution is -2.70. The van der Waals surface area contributed by atoms with Gasteiger partial charge >= 0.3 is 0 Å². The van der Waals surface area contributed by atoms with Gasteiger partial charge in [-0.1, -0.05) is 24.3 Å². The molecule has 0 bridgehead atoms. The van der Waals surface area contributed by atoms with Crippen LogP contribution < -0.4 is 10.4 Å². The fraction of sp³-hybridized carbons (Fsp3) is 0.296. The molecule has 7 rings (SSSR count). The zero-order chi connectivity index (χ0) is 26.3. The number of aromatic hydroxyl groups is 1. The van der Waals surface area contributed by atoms with Crippen LogP contribution in [0.4, 0.5) is 8.78 Å². The third kappa shape index (κ3) is 3.17. The number of thioether (sulfide) groups is 1. The average Bonchev–Trinajstić information content (AvgIpc) is 3.19. The summed E-state index contributed by atoms with van der Waals surface area (Å²) in [7, 11) is 0. The normalized spacial score (nSPS) is 23.8. The number of fused-ring (bicyclic) bond motifs is 5. The molecular formula is C27H22F2N4O4S. The van der Waals surface area contributed by atoms with E-state index in [2.05, 4.69) is 0 Å². The molecule has 11 heteroatoms. The second-order valence-electron chi connectivity index (χ2n) is 9.94. The molecule has 1 aromatic heterocycles. The minimum atomic E-state index is -0.950. The quantitative estimate of drug-likeness (QED) is 0.515. The van der Waals surface area contributed by atoms with Crippen molar-refractivity contribution in [2.24, 2.45) is 0 Å². The second-order valence-corrected chi connectivity index (χ2v) is 11.0. The Balaban J connectivity index is 1.52. The lowest BCUT2D eigenvalue weighted by atomic mass is 9.92. The standard InChI is InChI=1S/C27H22F2N4O4S/c28-18-7-6-15-17(23(18)29)13-38-20-4-2-1-3-16(20)24(15)33-21-12-30-14(5-8-22(30)35)11-31(21)27(37)25-26(36)19(34)9-10-32(25)33/h1-4,6-7,9-10,14,21,24,36H,5,8,11-13H2/t14-,21?,24?/m1/s1. The number of piperazine rings is 1. The molecular weight excluding hydrogens is 514 g/mol. The van der Waals surface area contributed by atoms with Gasteiger partial charge in [0.05, 0.1) is 18.6 Å². The van der Waals surface area contributed by atoms with Gasteiger partial charge in [0.1, 0.15) is 6.17 Å². The number of nitrogens with zero attached hydrogens (tertiary/aromatic N) is 4. The minimum absolute atomic E-state index is 0.000868. The Kier molecular flexibility index (Phi) is 5.10. The molecule has 3 aromatic rings. The molecule has 4 aliphatic rings. The number of hydrogen-bond acceptors (Lipinski definition) is 6. The van der Waals surface area contributed by atoms with Crippen LogP contribution in [0.1, 0.15) is 46.1 Å². The fourth-order valence-corrected chi connectivity index (χ4v) is 7.35. The van der Waals surface area contributed by atoms with Crippen LogP contribution in [0.25, 0.3) is 0 Å². The van der Waals surface area contributed by atoms with Crippen molar-refractivity contribution in [1.82, 2.24) is 14.5 Å². The molecule has 0 spiro atoms. The molecule has 2 fully saturated rings. The maximum Gasteiger partial charge on any atom is 0.278 e. The van der Waals surface area contributed by atoms with E-state index in [1.807, 2.05) is 29.3 Å². The highest BCUT2D eigenvalue weighted by atomic mass is 32.2. The van der Waals surface area contributed by atoms with E-state index < -0.39 is 40.9 Å². The molecule has 1 N–H and O–H groups in total. The van der Waals surface area contributed by atoms with Gasteiger partial charge in [0, 0.05) is 41.4 Å². The summed E-state index contributed by atoms with van der Waals surface area (Å²) in [4.78, 5) is 43.2. The Bertz CT molecular complexity index is 1590. The predicted molar refractivity (Wildman–Crippen MR) is 134 cm³/mol. The van der Waals surface area contributed by atoms with E-state index in [1.165, 1.54) is 28.7 Å². The number of benzene rings is 2. The third-order valence-corrected chi connectivity index (χ3v) is 9.14. The number of rotatable bonds is 1. The highest BCUT2D eigenvalue weighted by molar-refractivity contribution is 7.98. The van der Waals surface area contributed by atoms with Crippen molar-refractivity contribution in [3.05, 3.63) is 92.9 Å². The molecule has 38 heavy (non-hydrogen) atoms. The summed E-state index contributed by atoms with van der Waals surface area (Å²) >= 11 is 1.39. The van der Waals surface area contributed by atoms with Crippen LogP contribution >= 0.6 is 11.8 Å². The summed E-state index contributed by atoms with van der Waals surface area (Å²) in [6.45, 7) is 0.439. The lowest BCUT2D eigenvalue weighted by molar-refractivity contribution is -0.132. The first-order chi connectivity index (χ1) is 18.3. The molecule has 194 valence electrons. The number of pyridine rings is 1. The molecule has 3 atom stereocenters. The van der Waals surface area contributed by atoms with E-state index in [0.29, 0.717) is 18.4 Å². The van der Waals surface area contributed by atoms with Gasteiger partial charge in [-0.2, -0.15) is 0 Å². The van der Waals surface area contributed by atoms with E-state index in [1.54, 1.807) is 15.9 Å². The Hall–Kier alpha value is -3.86. The molecule has 2 unspecified atom stereocenters. The fourth-order valence-electron chi connectivity index (χ4n) is 6.24. The lowest BCUT2D eigenvalue weighted by Gasteiger charge is -2.54. The van der Waals surface area contributed by atoms with E-state index in [4.69, 9.17) is 0 Å². The summed E-state index contributed by atoms with van der Waals surface area (Å²) in [6, 6.07) is 10.5. The number of aromatic nitrogens is 1. The largest absolute Gasteiger partial charge is 0.502 e. The van der Waals surface area contributed by atoms with Gasteiger partial charge in [-0.25, -0.2) is 8.78 Å². The van der Waals surface area contributed by atoms with Crippen molar-refractivity contribution in [2.45, 2.75) is 41.7 Å². The molecule has 2 aromatic carbocycles. The summed E-state index contributed by atoms with van der Waals surface area (Å²) < 4.78 is 31.1. The van der Waals surface area contributed by atoms with Crippen LogP contribution in [0.15, 0.2) is 58.4 Å². The number of carbonyl (C=O) groups is 2. The predicted octanol–water partition coefficient (Wildman–Crippen LogP) is 2.95. The molecule has 2 saturated heterocycles. The van der Waals surface area contributed by atoms with Gasteiger partial charge in [-0.3, -0.25) is 24.1 Å². The Labute approximate surface area is 220 Å². The number of hydrogen-bond donors (Lipinski definition) is 1. The van der Waals surface area contributed by atoms with Gasteiger partial charge in [-0.05, 0) is 29.7 Å². The van der Waals surface area contributed by atoms with Crippen LogP contribution in [-0.2, 0) is 10.5 Å². The van der Waals surface area contributed by atoms with Crippen molar-refractivity contribution in [1.29, 1.82) is 0 Å². The number of carbonyl (C=O) groups excluding carboxylic acids is 2. The first-order valence-corrected chi connectivity index (χ1v) is 13.4. The summed E-state index contributed by atoms with van der Waals surface area (Å²) in [5.74, 6) is -2.87.